The molecule has 0 radical (unpaired) electrons. The van der Waals surface area contributed by atoms with Crippen molar-refractivity contribution >= 4 is 21.6 Å². The first kappa shape index (κ1) is 21.8. The Morgan fingerprint density at radius 1 is 0.968 bits per heavy atom. The van der Waals surface area contributed by atoms with Gasteiger partial charge in [-0.3, -0.25) is 9.52 Å². The van der Waals surface area contributed by atoms with Gasteiger partial charge in [-0.1, -0.05) is 12.1 Å². The maximum atomic E-state index is 13.0. The number of hydrogen-bond acceptors (Lipinski definition) is 4. The molecule has 1 atom stereocenters. The summed E-state index contributed by atoms with van der Waals surface area (Å²) in [7, 11) is -3.79. The van der Waals surface area contributed by atoms with Gasteiger partial charge in [0, 0.05) is 24.8 Å². The van der Waals surface area contributed by atoms with Gasteiger partial charge >= 0.3 is 0 Å². The van der Waals surface area contributed by atoms with E-state index in [0.717, 1.165) is 56.7 Å². The van der Waals surface area contributed by atoms with Gasteiger partial charge in [-0.15, -0.1) is 0 Å². The van der Waals surface area contributed by atoms with Gasteiger partial charge in [-0.25, -0.2) is 12.8 Å². The van der Waals surface area contributed by atoms with Crippen LogP contribution in [-0.2, 0) is 21.2 Å². The molecule has 31 heavy (non-hydrogen) atoms. The fraction of sp³-hybridized carbons (Fsp3) is 0.435. The molecule has 1 N–H and O–H groups in total. The second-order valence-electron chi connectivity index (χ2n) is 8.32. The number of sulfonamides is 1. The van der Waals surface area contributed by atoms with Gasteiger partial charge in [0.25, 0.3) is 10.0 Å². The van der Waals surface area contributed by atoms with Crippen LogP contribution in [0.15, 0.2) is 53.4 Å². The zero-order chi connectivity index (χ0) is 21.8. The number of carbonyl (C=O) groups is 1. The molecule has 0 bridgehead atoms. The van der Waals surface area contributed by atoms with Crippen LogP contribution in [0.1, 0.15) is 31.2 Å². The summed E-state index contributed by atoms with van der Waals surface area (Å²) in [6.07, 6.45) is 4.91. The first-order valence-corrected chi connectivity index (χ1v) is 12.3. The lowest BCUT2D eigenvalue weighted by Crippen LogP contribution is -2.43. The Kier molecular flexibility index (Phi) is 6.57. The molecule has 2 aromatic rings. The number of rotatable bonds is 7. The minimum Gasteiger partial charge on any atom is -0.338 e. The Bertz CT molecular complexity index is 1000. The number of carbonyl (C=O) groups excluding carboxylic acids is 1. The summed E-state index contributed by atoms with van der Waals surface area (Å²) >= 11 is 0. The molecule has 166 valence electrons. The summed E-state index contributed by atoms with van der Waals surface area (Å²) in [6, 6.07) is 11.8. The van der Waals surface area contributed by atoms with Gasteiger partial charge in [-0.05, 0) is 80.7 Å². The van der Waals surface area contributed by atoms with Gasteiger partial charge in [0.05, 0.1) is 11.3 Å². The number of anilines is 1. The minimum atomic E-state index is -3.79. The fourth-order valence-electron chi connectivity index (χ4n) is 4.41. The molecule has 1 amide bonds. The summed E-state index contributed by atoms with van der Waals surface area (Å²) < 4.78 is 40.4. The molecule has 0 spiro atoms. The van der Waals surface area contributed by atoms with Crippen molar-refractivity contribution < 1.29 is 17.6 Å². The van der Waals surface area contributed by atoms with E-state index in [2.05, 4.69) is 9.62 Å². The van der Waals surface area contributed by atoms with E-state index in [1.807, 2.05) is 4.90 Å². The van der Waals surface area contributed by atoms with Crippen LogP contribution in [0.2, 0.25) is 0 Å². The van der Waals surface area contributed by atoms with Crippen LogP contribution in [0.25, 0.3) is 0 Å². The number of hydrogen-bond donors (Lipinski definition) is 1. The predicted molar refractivity (Wildman–Crippen MR) is 118 cm³/mol. The Hall–Kier alpha value is -2.45. The highest BCUT2D eigenvalue weighted by Crippen LogP contribution is 2.22. The van der Waals surface area contributed by atoms with E-state index >= 15 is 0 Å². The summed E-state index contributed by atoms with van der Waals surface area (Å²) in [5.41, 5.74) is 1.25. The van der Waals surface area contributed by atoms with Crippen LogP contribution in [0, 0.1) is 5.82 Å². The lowest BCUT2D eigenvalue weighted by Gasteiger charge is -2.28. The molecular formula is C23H28FN3O3S. The molecule has 6 nitrogen and oxygen atoms in total. The second-order valence-corrected chi connectivity index (χ2v) is 10.0. The molecule has 0 aliphatic carbocycles. The maximum Gasteiger partial charge on any atom is 0.261 e. The van der Waals surface area contributed by atoms with Gasteiger partial charge in [0.15, 0.2) is 0 Å². The van der Waals surface area contributed by atoms with Crippen molar-refractivity contribution in [2.24, 2.45) is 0 Å². The normalized spacial score (nSPS) is 19.6. The maximum absolute atomic E-state index is 13.0. The van der Waals surface area contributed by atoms with Gasteiger partial charge in [0.2, 0.25) is 5.91 Å². The molecule has 2 aliphatic rings. The zero-order valence-corrected chi connectivity index (χ0v) is 18.3. The summed E-state index contributed by atoms with van der Waals surface area (Å²) in [6.45, 7) is 4.05. The molecule has 2 aliphatic heterocycles. The smallest absolute Gasteiger partial charge is 0.261 e. The third-order valence-electron chi connectivity index (χ3n) is 6.05. The van der Waals surface area contributed by atoms with Crippen LogP contribution >= 0.6 is 0 Å². The molecule has 2 aromatic carbocycles. The summed E-state index contributed by atoms with van der Waals surface area (Å²) in [5.74, 6) is -0.366. The number of amides is 1. The quantitative estimate of drug-likeness (QED) is 0.710. The van der Waals surface area contributed by atoms with Crippen molar-refractivity contribution in [3.8, 4) is 0 Å². The molecule has 4 rings (SSSR count). The van der Waals surface area contributed by atoms with E-state index in [-0.39, 0.29) is 10.8 Å². The van der Waals surface area contributed by atoms with Gasteiger partial charge in [0.1, 0.15) is 5.82 Å². The molecular weight excluding hydrogens is 417 g/mol. The van der Waals surface area contributed by atoms with Crippen molar-refractivity contribution in [2.45, 2.75) is 43.0 Å². The van der Waals surface area contributed by atoms with Gasteiger partial charge < -0.3 is 9.80 Å². The highest BCUT2D eigenvalue weighted by molar-refractivity contribution is 7.92. The minimum absolute atomic E-state index is 0.00812. The molecule has 0 saturated carbocycles. The van der Waals surface area contributed by atoms with Crippen LogP contribution in [0.3, 0.4) is 0 Å². The Labute approximate surface area is 183 Å². The lowest BCUT2D eigenvalue weighted by molar-refractivity contribution is -0.131. The largest absolute Gasteiger partial charge is 0.338 e. The van der Waals surface area contributed by atoms with Gasteiger partial charge in [-0.2, -0.15) is 0 Å². The molecule has 0 aromatic heterocycles. The van der Waals surface area contributed by atoms with E-state index in [0.29, 0.717) is 18.2 Å². The van der Waals surface area contributed by atoms with Crippen LogP contribution in [-0.4, -0.2) is 56.3 Å². The Morgan fingerprint density at radius 2 is 1.65 bits per heavy atom. The number of nitrogens with one attached hydrogen (secondary N) is 1. The highest BCUT2D eigenvalue weighted by Gasteiger charge is 2.30. The first-order chi connectivity index (χ1) is 14.9. The molecule has 1 unspecified atom stereocenters. The zero-order valence-electron chi connectivity index (χ0n) is 17.5. The topological polar surface area (TPSA) is 69.7 Å². The van der Waals surface area contributed by atoms with Crippen LogP contribution in [0.4, 0.5) is 10.1 Å². The average molecular weight is 446 g/mol. The van der Waals surface area contributed by atoms with Crippen LogP contribution < -0.4 is 4.72 Å². The monoisotopic (exact) mass is 445 g/mol. The van der Waals surface area contributed by atoms with Crippen LogP contribution in [0.5, 0.6) is 0 Å². The number of likely N-dealkylation sites (tertiary alicyclic amines) is 2. The standard InChI is InChI=1S/C23H28FN3O3S/c24-19-7-11-22(12-8-19)31(29,30)25-20-9-5-18(6-10-20)16-23(28)27-15-3-4-21(27)17-26-13-1-2-14-26/h5-12,21,25H,1-4,13-17H2. The first-order valence-electron chi connectivity index (χ1n) is 10.8. The number of nitrogens with zero attached hydrogens (tertiary/aromatic N) is 2. The highest BCUT2D eigenvalue weighted by atomic mass is 32.2. The third-order valence-corrected chi connectivity index (χ3v) is 7.45. The predicted octanol–water partition coefficient (Wildman–Crippen LogP) is 3.26. The number of benzene rings is 2. The molecule has 2 saturated heterocycles. The second kappa shape index (κ2) is 9.36. The molecule has 2 heterocycles. The fourth-order valence-corrected chi connectivity index (χ4v) is 5.47. The van der Waals surface area contributed by atoms with E-state index in [1.165, 1.54) is 25.0 Å². The third kappa shape index (κ3) is 5.43. The van der Waals surface area contributed by atoms with Crippen molar-refractivity contribution in [1.82, 2.24) is 9.80 Å². The van der Waals surface area contributed by atoms with Crippen molar-refractivity contribution in [1.29, 1.82) is 0 Å². The summed E-state index contributed by atoms with van der Waals surface area (Å²) in [5, 5.41) is 0. The SMILES string of the molecule is O=C(Cc1ccc(NS(=O)(=O)c2ccc(F)cc2)cc1)N1CCCC1CN1CCCC1. The van der Waals surface area contributed by atoms with E-state index in [9.17, 15) is 17.6 Å². The Balaban J connectivity index is 1.35. The Morgan fingerprint density at radius 3 is 2.32 bits per heavy atom. The molecule has 2 fully saturated rings. The average Bonchev–Trinajstić information content (AvgIpc) is 3.42. The van der Waals surface area contributed by atoms with Crippen molar-refractivity contribution in [3.05, 3.63) is 59.9 Å². The summed E-state index contributed by atoms with van der Waals surface area (Å²) in [4.78, 5) is 17.4. The van der Waals surface area contributed by atoms with Crippen molar-refractivity contribution in [3.63, 3.8) is 0 Å². The van der Waals surface area contributed by atoms with E-state index < -0.39 is 15.8 Å². The van der Waals surface area contributed by atoms with E-state index in [4.69, 9.17) is 0 Å². The lowest BCUT2D eigenvalue weighted by atomic mass is 10.1. The number of halogens is 1. The van der Waals surface area contributed by atoms with Crippen molar-refractivity contribution in [2.75, 3.05) is 30.9 Å². The molecule has 8 heteroatoms. The van der Waals surface area contributed by atoms with E-state index in [1.54, 1.807) is 24.3 Å².